The normalized spacial score (nSPS) is 11.0. The molecule has 0 radical (unpaired) electrons. The smallest absolute Gasteiger partial charge is 0.198 e. The second-order valence-electron chi connectivity index (χ2n) is 6.23. The Balaban J connectivity index is 1.57. The molecule has 0 unspecified atom stereocenters. The van der Waals surface area contributed by atoms with Crippen molar-refractivity contribution in [2.45, 2.75) is 26.7 Å². The van der Waals surface area contributed by atoms with Gasteiger partial charge in [0.25, 0.3) is 0 Å². The number of rotatable bonds is 8. The molecule has 0 aliphatic heterocycles. The minimum Gasteiger partial charge on any atom is -0.489 e. The van der Waals surface area contributed by atoms with E-state index in [4.69, 9.17) is 17.0 Å². The van der Waals surface area contributed by atoms with Gasteiger partial charge in [-0.05, 0) is 42.0 Å². The highest BCUT2D eigenvalue weighted by atomic mass is 32.1. The van der Waals surface area contributed by atoms with Crippen LogP contribution in [-0.4, -0.2) is 25.8 Å². The van der Waals surface area contributed by atoms with E-state index in [0.717, 1.165) is 23.6 Å². The molecule has 5 nitrogen and oxygen atoms in total. The molecule has 0 N–H and O–H groups in total. The van der Waals surface area contributed by atoms with Crippen LogP contribution in [0.4, 0.5) is 0 Å². The maximum atomic E-state index is 5.85. The average molecular weight is 369 g/mol. The lowest BCUT2D eigenvalue weighted by atomic mass is 10.2. The Kier molecular flexibility index (Phi) is 6.20. The molecule has 2 aromatic carbocycles. The molecule has 0 saturated carbocycles. The largest absolute Gasteiger partial charge is 0.489 e. The molecule has 3 aromatic rings. The molecular weight excluding hydrogens is 344 g/mol. The minimum atomic E-state index is 0.583. The van der Waals surface area contributed by atoms with Crippen molar-refractivity contribution in [3.8, 4) is 5.75 Å². The molecule has 0 spiro atoms. The summed E-state index contributed by atoms with van der Waals surface area (Å²) in [5.74, 6) is 0.882. The minimum absolute atomic E-state index is 0.583. The van der Waals surface area contributed by atoms with Gasteiger partial charge in [0, 0.05) is 13.6 Å². The van der Waals surface area contributed by atoms with E-state index < -0.39 is 0 Å². The highest BCUT2D eigenvalue weighted by molar-refractivity contribution is 7.71. The molecule has 0 fully saturated rings. The third-order valence-corrected chi connectivity index (χ3v) is 4.74. The van der Waals surface area contributed by atoms with Gasteiger partial charge in [-0.1, -0.05) is 49.4 Å². The van der Waals surface area contributed by atoms with Crippen LogP contribution >= 0.6 is 12.2 Å². The molecule has 0 bridgehead atoms. The molecule has 26 heavy (non-hydrogen) atoms. The van der Waals surface area contributed by atoms with E-state index in [2.05, 4.69) is 41.2 Å². The van der Waals surface area contributed by atoms with Crippen molar-refractivity contribution < 1.29 is 4.74 Å². The van der Waals surface area contributed by atoms with Gasteiger partial charge in [-0.15, -0.1) is 0 Å². The molecule has 1 heterocycles. The van der Waals surface area contributed by atoms with Crippen LogP contribution < -0.4 is 4.74 Å². The van der Waals surface area contributed by atoms with Crippen LogP contribution in [0.3, 0.4) is 0 Å². The number of aromatic nitrogens is 3. The van der Waals surface area contributed by atoms with Gasteiger partial charge in [0.05, 0.1) is 6.67 Å². The van der Waals surface area contributed by atoms with E-state index in [1.54, 1.807) is 6.33 Å². The second-order valence-corrected chi connectivity index (χ2v) is 6.59. The van der Waals surface area contributed by atoms with Gasteiger partial charge in [0.2, 0.25) is 0 Å². The van der Waals surface area contributed by atoms with Crippen LogP contribution in [0.2, 0.25) is 0 Å². The van der Waals surface area contributed by atoms with E-state index in [9.17, 15) is 0 Å². The number of nitrogens with zero attached hydrogens (tertiary/aromatic N) is 4. The van der Waals surface area contributed by atoms with Crippen molar-refractivity contribution in [3.05, 3.63) is 76.8 Å². The fourth-order valence-electron chi connectivity index (χ4n) is 2.66. The van der Waals surface area contributed by atoms with Gasteiger partial charge in [0.1, 0.15) is 18.7 Å². The predicted molar refractivity (Wildman–Crippen MR) is 105 cm³/mol. The molecule has 0 amide bonds. The lowest BCUT2D eigenvalue weighted by Crippen LogP contribution is -2.26. The van der Waals surface area contributed by atoms with Gasteiger partial charge in [0.15, 0.2) is 4.77 Å². The van der Waals surface area contributed by atoms with Crippen LogP contribution in [0.15, 0.2) is 60.9 Å². The molecule has 1 aromatic heterocycles. The molecular formula is C20H24N4OS. The van der Waals surface area contributed by atoms with Crippen LogP contribution in [-0.2, 0) is 26.9 Å². The zero-order valence-electron chi connectivity index (χ0n) is 15.2. The molecule has 0 saturated heterocycles. The van der Waals surface area contributed by atoms with Crippen LogP contribution in [0.5, 0.6) is 5.75 Å². The first-order chi connectivity index (χ1) is 12.7. The third-order valence-electron chi connectivity index (χ3n) is 4.25. The van der Waals surface area contributed by atoms with Gasteiger partial charge >= 0.3 is 0 Å². The first-order valence-electron chi connectivity index (χ1n) is 8.72. The van der Waals surface area contributed by atoms with Crippen LogP contribution in [0.25, 0.3) is 0 Å². The SMILES string of the molecule is CCN(Cc1ccc(OCc2ccccc2)cc1)Cn1ncn(C)c1=S. The van der Waals surface area contributed by atoms with Gasteiger partial charge < -0.3 is 9.30 Å². The number of hydrogen-bond donors (Lipinski definition) is 0. The average Bonchev–Trinajstić information content (AvgIpc) is 2.99. The quantitative estimate of drug-likeness (QED) is 0.563. The number of aryl methyl sites for hydroxylation is 1. The Hall–Kier alpha value is -2.44. The number of ether oxygens (including phenoxy) is 1. The standard InChI is InChI=1S/C20H24N4OS/c1-3-23(16-24-20(26)22(2)15-21-24)13-17-9-11-19(12-10-17)25-14-18-7-5-4-6-8-18/h4-12,15H,3,13-14,16H2,1-2H3. The highest BCUT2D eigenvalue weighted by Crippen LogP contribution is 2.16. The van der Waals surface area contributed by atoms with E-state index in [0.29, 0.717) is 13.3 Å². The Morgan fingerprint density at radius 3 is 2.38 bits per heavy atom. The summed E-state index contributed by atoms with van der Waals surface area (Å²) in [7, 11) is 1.91. The molecule has 136 valence electrons. The van der Waals surface area contributed by atoms with E-state index in [1.165, 1.54) is 11.1 Å². The maximum Gasteiger partial charge on any atom is 0.198 e. The van der Waals surface area contributed by atoms with Crippen molar-refractivity contribution in [3.63, 3.8) is 0 Å². The fraction of sp³-hybridized carbons (Fsp3) is 0.300. The first kappa shape index (κ1) is 18.4. The Morgan fingerprint density at radius 2 is 1.77 bits per heavy atom. The van der Waals surface area contributed by atoms with Gasteiger partial charge in [-0.2, -0.15) is 5.10 Å². The summed E-state index contributed by atoms with van der Waals surface area (Å²) < 4.78 is 10.3. The first-order valence-corrected chi connectivity index (χ1v) is 9.13. The number of hydrogen-bond acceptors (Lipinski definition) is 4. The number of benzene rings is 2. The van der Waals surface area contributed by atoms with Crippen molar-refractivity contribution in [1.29, 1.82) is 0 Å². The van der Waals surface area contributed by atoms with E-state index in [1.807, 2.05) is 46.6 Å². The Bertz CT molecular complexity index is 871. The van der Waals surface area contributed by atoms with Gasteiger partial charge in [-0.25, -0.2) is 4.68 Å². The molecule has 3 rings (SSSR count). The van der Waals surface area contributed by atoms with E-state index in [-0.39, 0.29) is 0 Å². The van der Waals surface area contributed by atoms with Crippen molar-refractivity contribution in [1.82, 2.24) is 19.2 Å². The zero-order chi connectivity index (χ0) is 18.4. The fourth-order valence-corrected chi connectivity index (χ4v) is 2.81. The van der Waals surface area contributed by atoms with Crippen LogP contribution in [0.1, 0.15) is 18.1 Å². The summed E-state index contributed by atoms with van der Waals surface area (Å²) in [6.45, 7) is 5.17. The topological polar surface area (TPSA) is 35.2 Å². The second kappa shape index (κ2) is 8.78. The lowest BCUT2D eigenvalue weighted by molar-refractivity contribution is 0.207. The molecule has 0 atom stereocenters. The van der Waals surface area contributed by atoms with Gasteiger partial charge in [-0.3, -0.25) is 4.90 Å². The maximum absolute atomic E-state index is 5.85. The summed E-state index contributed by atoms with van der Waals surface area (Å²) in [5, 5.41) is 4.33. The van der Waals surface area contributed by atoms with Crippen LogP contribution in [0, 0.1) is 4.77 Å². The van der Waals surface area contributed by atoms with Crippen molar-refractivity contribution in [2.24, 2.45) is 7.05 Å². The monoisotopic (exact) mass is 368 g/mol. The Morgan fingerprint density at radius 1 is 1.04 bits per heavy atom. The highest BCUT2D eigenvalue weighted by Gasteiger charge is 2.07. The summed E-state index contributed by atoms with van der Waals surface area (Å²) in [5.41, 5.74) is 2.40. The summed E-state index contributed by atoms with van der Waals surface area (Å²) in [6, 6.07) is 18.5. The predicted octanol–water partition coefficient (Wildman–Crippen LogP) is 4.01. The molecule has 6 heteroatoms. The summed E-state index contributed by atoms with van der Waals surface area (Å²) in [4.78, 5) is 2.29. The van der Waals surface area contributed by atoms with Crippen molar-refractivity contribution in [2.75, 3.05) is 6.54 Å². The lowest BCUT2D eigenvalue weighted by Gasteiger charge is -2.20. The zero-order valence-corrected chi connectivity index (χ0v) is 16.0. The summed E-state index contributed by atoms with van der Waals surface area (Å²) in [6.07, 6.45) is 1.75. The molecule has 0 aliphatic rings. The molecule has 0 aliphatic carbocycles. The van der Waals surface area contributed by atoms with E-state index >= 15 is 0 Å². The third kappa shape index (κ3) is 4.80. The van der Waals surface area contributed by atoms with Crippen molar-refractivity contribution >= 4 is 12.2 Å². The summed E-state index contributed by atoms with van der Waals surface area (Å²) >= 11 is 5.36. The Labute approximate surface area is 159 Å².